The zero-order chi connectivity index (χ0) is 22.2. The van der Waals surface area contributed by atoms with Crippen LogP contribution in [0.3, 0.4) is 0 Å². The highest BCUT2D eigenvalue weighted by molar-refractivity contribution is 5.80. The van der Waals surface area contributed by atoms with Crippen LogP contribution in [0.5, 0.6) is 17.2 Å². The minimum Gasteiger partial charge on any atom is -0.493 e. The van der Waals surface area contributed by atoms with Crippen LogP contribution < -0.4 is 19.5 Å². The van der Waals surface area contributed by atoms with E-state index in [9.17, 15) is 0 Å². The zero-order valence-electron chi connectivity index (χ0n) is 19.1. The molecule has 1 atom stereocenters. The summed E-state index contributed by atoms with van der Waals surface area (Å²) in [5.74, 6) is 2.84. The number of nitrogens with zero attached hydrogens (tertiary/aromatic N) is 2. The highest BCUT2D eigenvalue weighted by Crippen LogP contribution is 2.39. The quantitative estimate of drug-likeness (QED) is 0.541. The van der Waals surface area contributed by atoms with E-state index in [0.717, 1.165) is 31.0 Å². The fourth-order valence-corrected chi connectivity index (χ4v) is 3.98. The first-order valence-corrected chi connectivity index (χ1v) is 10.5. The molecule has 31 heavy (non-hydrogen) atoms. The summed E-state index contributed by atoms with van der Waals surface area (Å²) < 4.78 is 22.5. The Kier molecular flexibility index (Phi) is 8.00. The standard InChI is InChI=1S/C24H33N3O4/c1-17-8-6-7-9-19(17)21-16-27(14-15-31-21)24(25-2)26-13-12-18-10-11-20(28-3)23(30-5)22(18)29-4/h6-11,21H,12-16H2,1-5H3,(H,25,26). The number of aliphatic imine (C=N–C) groups is 1. The number of aryl methyl sites for hydroxylation is 1. The van der Waals surface area contributed by atoms with Gasteiger partial charge in [-0.1, -0.05) is 30.3 Å². The number of morpholine rings is 1. The zero-order valence-corrected chi connectivity index (χ0v) is 19.1. The number of guanidine groups is 1. The summed E-state index contributed by atoms with van der Waals surface area (Å²) in [4.78, 5) is 6.75. The average Bonchev–Trinajstić information content (AvgIpc) is 2.81. The first-order chi connectivity index (χ1) is 15.1. The van der Waals surface area contributed by atoms with Crippen molar-refractivity contribution in [2.24, 2.45) is 4.99 Å². The number of methoxy groups -OCH3 is 3. The van der Waals surface area contributed by atoms with Gasteiger partial charge in [0.1, 0.15) is 6.10 Å². The Hall–Kier alpha value is -2.93. The molecular formula is C24H33N3O4. The summed E-state index contributed by atoms with van der Waals surface area (Å²) in [5.41, 5.74) is 3.53. The molecule has 0 aliphatic carbocycles. The molecule has 7 nitrogen and oxygen atoms in total. The van der Waals surface area contributed by atoms with Gasteiger partial charge in [0.05, 0.1) is 34.5 Å². The highest BCUT2D eigenvalue weighted by atomic mass is 16.5. The van der Waals surface area contributed by atoms with Crippen molar-refractivity contribution < 1.29 is 18.9 Å². The van der Waals surface area contributed by atoms with Gasteiger partial charge in [0, 0.05) is 25.7 Å². The normalized spacial score (nSPS) is 16.7. The van der Waals surface area contributed by atoms with Crippen molar-refractivity contribution in [2.75, 3.05) is 54.6 Å². The van der Waals surface area contributed by atoms with Crippen molar-refractivity contribution >= 4 is 5.96 Å². The molecule has 0 radical (unpaired) electrons. The topological polar surface area (TPSA) is 64.6 Å². The van der Waals surface area contributed by atoms with E-state index in [1.54, 1.807) is 21.3 Å². The predicted molar refractivity (Wildman–Crippen MR) is 123 cm³/mol. The predicted octanol–water partition coefficient (Wildman–Crippen LogP) is 3.21. The molecule has 0 aromatic heterocycles. The number of hydrogen-bond acceptors (Lipinski definition) is 5. The van der Waals surface area contributed by atoms with Gasteiger partial charge in [0.2, 0.25) is 5.75 Å². The lowest BCUT2D eigenvalue weighted by atomic mass is 10.0. The third-order valence-electron chi connectivity index (χ3n) is 5.58. The van der Waals surface area contributed by atoms with Gasteiger partial charge in [-0.3, -0.25) is 4.99 Å². The Morgan fingerprint density at radius 3 is 2.55 bits per heavy atom. The van der Waals surface area contributed by atoms with E-state index >= 15 is 0 Å². The lowest BCUT2D eigenvalue weighted by Crippen LogP contribution is -2.48. The molecule has 1 fully saturated rings. The van der Waals surface area contributed by atoms with Crippen LogP contribution in [0.2, 0.25) is 0 Å². The monoisotopic (exact) mass is 427 g/mol. The van der Waals surface area contributed by atoms with E-state index < -0.39 is 0 Å². The summed E-state index contributed by atoms with van der Waals surface area (Å²) in [5, 5.41) is 3.48. The summed E-state index contributed by atoms with van der Waals surface area (Å²) in [6.07, 6.45) is 0.799. The van der Waals surface area contributed by atoms with Crippen LogP contribution >= 0.6 is 0 Å². The fourth-order valence-electron chi connectivity index (χ4n) is 3.98. The molecule has 2 aromatic rings. The lowest BCUT2D eigenvalue weighted by Gasteiger charge is -2.35. The number of ether oxygens (including phenoxy) is 4. The second-order valence-electron chi connectivity index (χ2n) is 7.38. The maximum Gasteiger partial charge on any atom is 0.203 e. The summed E-state index contributed by atoms with van der Waals surface area (Å²) in [7, 11) is 6.70. The molecule has 7 heteroatoms. The molecule has 1 aliphatic heterocycles. The van der Waals surface area contributed by atoms with Gasteiger partial charge in [-0.05, 0) is 30.5 Å². The Morgan fingerprint density at radius 1 is 1.10 bits per heavy atom. The molecule has 1 heterocycles. The van der Waals surface area contributed by atoms with Gasteiger partial charge in [-0.2, -0.15) is 0 Å². The molecule has 0 saturated carbocycles. The molecule has 1 saturated heterocycles. The Labute approximate surface area is 185 Å². The van der Waals surface area contributed by atoms with Crippen LogP contribution in [-0.2, 0) is 11.2 Å². The van der Waals surface area contributed by atoms with E-state index in [2.05, 4.69) is 46.4 Å². The second kappa shape index (κ2) is 10.9. The average molecular weight is 428 g/mol. The lowest BCUT2D eigenvalue weighted by molar-refractivity contribution is -0.00829. The minimum absolute atomic E-state index is 0.0412. The summed E-state index contributed by atoms with van der Waals surface area (Å²) in [6, 6.07) is 12.3. The first-order valence-electron chi connectivity index (χ1n) is 10.5. The van der Waals surface area contributed by atoms with Crippen LogP contribution in [0.15, 0.2) is 41.4 Å². The molecule has 0 spiro atoms. The van der Waals surface area contributed by atoms with Crippen molar-refractivity contribution in [3.63, 3.8) is 0 Å². The van der Waals surface area contributed by atoms with Crippen LogP contribution in [-0.4, -0.2) is 65.5 Å². The van der Waals surface area contributed by atoms with Crippen molar-refractivity contribution in [1.29, 1.82) is 0 Å². The maximum atomic E-state index is 6.05. The van der Waals surface area contributed by atoms with Crippen LogP contribution in [0.4, 0.5) is 0 Å². The van der Waals surface area contributed by atoms with E-state index in [1.807, 2.05) is 19.2 Å². The highest BCUT2D eigenvalue weighted by Gasteiger charge is 2.25. The Bertz CT molecular complexity index is 900. The van der Waals surface area contributed by atoms with Crippen molar-refractivity contribution in [1.82, 2.24) is 10.2 Å². The summed E-state index contributed by atoms with van der Waals surface area (Å²) >= 11 is 0. The smallest absolute Gasteiger partial charge is 0.203 e. The number of nitrogens with one attached hydrogen (secondary N) is 1. The number of rotatable bonds is 7. The largest absolute Gasteiger partial charge is 0.493 e. The van der Waals surface area contributed by atoms with Crippen LogP contribution in [0.25, 0.3) is 0 Å². The Morgan fingerprint density at radius 2 is 1.87 bits per heavy atom. The molecule has 0 amide bonds. The van der Waals surface area contributed by atoms with Gasteiger partial charge < -0.3 is 29.2 Å². The van der Waals surface area contributed by atoms with Crippen molar-refractivity contribution in [3.05, 3.63) is 53.1 Å². The van der Waals surface area contributed by atoms with Gasteiger partial charge in [0.25, 0.3) is 0 Å². The molecular weight excluding hydrogens is 394 g/mol. The molecule has 3 rings (SSSR count). The third kappa shape index (κ3) is 5.22. The maximum absolute atomic E-state index is 6.05. The molecule has 168 valence electrons. The molecule has 0 bridgehead atoms. The SMILES string of the molecule is CN=C(NCCc1ccc(OC)c(OC)c1OC)N1CCOC(c2ccccc2C)C1. The van der Waals surface area contributed by atoms with Crippen molar-refractivity contribution in [3.8, 4) is 17.2 Å². The van der Waals surface area contributed by atoms with Gasteiger partial charge in [-0.25, -0.2) is 0 Å². The van der Waals surface area contributed by atoms with Crippen LogP contribution in [0, 0.1) is 6.92 Å². The van der Waals surface area contributed by atoms with E-state index in [0.29, 0.717) is 30.4 Å². The number of benzene rings is 2. The first kappa shape index (κ1) is 22.7. The van der Waals surface area contributed by atoms with E-state index in [4.69, 9.17) is 18.9 Å². The molecule has 2 aromatic carbocycles. The molecule has 1 N–H and O–H groups in total. The fraction of sp³-hybridized carbons (Fsp3) is 0.458. The Balaban J connectivity index is 1.64. The molecule has 1 aliphatic rings. The van der Waals surface area contributed by atoms with Gasteiger partial charge >= 0.3 is 0 Å². The van der Waals surface area contributed by atoms with Gasteiger partial charge in [-0.15, -0.1) is 0 Å². The number of hydrogen-bond donors (Lipinski definition) is 1. The van der Waals surface area contributed by atoms with E-state index in [1.165, 1.54) is 11.1 Å². The van der Waals surface area contributed by atoms with Crippen molar-refractivity contribution in [2.45, 2.75) is 19.4 Å². The van der Waals surface area contributed by atoms with Gasteiger partial charge in [0.15, 0.2) is 17.5 Å². The van der Waals surface area contributed by atoms with E-state index in [-0.39, 0.29) is 6.10 Å². The summed E-state index contributed by atoms with van der Waals surface area (Å²) in [6.45, 7) is 5.08. The second-order valence-corrected chi connectivity index (χ2v) is 7.38. The molecule has 1 unspecified atom stereocenters. The minimum atomic E-state index is 0.0412. The van der Waals surface area contributed by atoms with Crippen LogP contribution in [0.1, 0.15) is 22.8 Å². The third-order valence-corrected chi connectivity index (χ3v) is 5.58.